The molecule has 4 heterocycles. The van der Waals surface area contributed by atoms with Gasteiger partial charge in [0.1, 0.15) is 0 Å². The molecule has 5 aromatic rings. The van der Waals surface area contributed by atoms with E-state index in [9.17, 15) is 0 Å². The number of rotatable bonds is 6. The Morgan fingerprint density at radius 1 is 0.943 bits per heavy atom. The Hall–Kier alpha value is -3.75. The molecule has 178 valence electrons. The number of hydrogen-bond acceptors (Lipinski definition) is 6. The molecule has 3 aromatic heterocycles. The summed E-state index contributed by atoms with van der Waals surface area (Å²) in [6, 6.07) is 14.9. The van der Waals surface area contributed by atoms with Crippen molar-refractivity contribution in [3.8, 4) is 11.3 Å². The number of anilines is 2. The first-order chi connectivity index (χ1) is 17.2. The van der Waals surface area contributed by atoms with Crippen LogP contribution >= 0.6 is 0 Å². The topological polar surface area (TPSA) is 66.5 Å². The van der Waals surface area contributed by atoms with Crippen LogP contribution in [-0.2, 0) is 13.6 Å². The van der Waals surface area contributed by atoms with Crippen LogP contribution in [0.4, 0.5) is 11.5 Å². The van der Waals surface area contributed by atoms with E-state index in [2.05, 4.69) is 68.4 Å². The molecule has 0 aliphatic carbocycles. The third kappa shape index (κ3) is 4.38. The first kappa shape index (κ1) is 21.8. The van der Waals surface area contributed by atoms with E-state index in [-0.39, 0.29) is 0 Å². The van der Waals surface area contributed by atoms with Crippen molar-refractivity contribution in [2.75, 3.05) is 38.0 Å². The predicted octanol–water partition coefficient (Wildman–Crippen LogP) is 4.16. The summed E-state index contributed by atoms with van der Waals surface area (Å²) in [6.45, 7) is 8.96. The van der Waals surface area contributed by atoms with Gasteiger partial charge in [-0.15, -0.1) is 0 Å². The maximum atomic E-state index is 4.95. The largest absolute Gasteiger partial charge is 0.337 e. The fraction of sp³-hybridized carbons (Fsp3) is 0.296. The quantitative estimate of drug-likeness (QED) is 0.405. The molecule has 1 aliphatic rings. The van der Waals surface area contributed by atoms with E-state index >= 15 is 0 Å². The van der Waals surface area contributed by atoms with Gasteiger partial charge in [-0.1, -0.05) is 25.1 Å². The minimum absolute atomic E-state index is 0.737. The third-order valence-electron chi connectivity index (χ3n) is 6.93. The van der Waals surface area contributed by atoms with Crippen LogP contribution < -0.4 is 5.32 Å². The highest BCUT2D eigenvalue weighted by molar-refractivity contribution is 5.82. The van der Waals surface area contributed by atoms with E-state index < -0.39 is 0 Å². The normalized spacial score (nSPS) is 15.3. The van der Waals surface area contributed by atoms with Crippen LogP contribution in [0.1, 0.15) is 12.5 Å². The van der Waals surface area contributed by atoms with Gasteiger partial charge in [-0.25, -0.2) is 15.0 Å². The summed E-state index contributed by atoms with van der Waals surface area (Å²) in [5.41, 5.74) is 7.11. The molecule has 1 aliphatic heterocycles. The van der Waals surface area contributed by atoms with Crippen LogP contribution in [0.5, 0.6) is 0 Å². The summed E-state index contributed by atoms with van der Waals surface area (Å²) in [5, 5.41) is 3.50. The van der Waals surface area contributed by atoms with Gasteiger partial charge in [0.15, 0.2) is 11.5 Å². The molecule has 0 radical (unpaired) electrons. The maximum absolute atomic E-state index is 4.95. The average molecular weight is 467 g/mol. The van der Waals surface area contributed by atoms with Crippen molar-refractivity contribution < 1.29 is 0 Å². The number of imidazole rings is 2. The molecule has 6 rings (SSSR count). The smallest absolute Gasteiger partial charge is 0.180 e. The second kappa shape index (κ2) is 9.13. The van der Waals surface area contributed by atoms with Gasteiger partial charge in [-0.3, -0.25) is 4.90 Å². The summed E-state index contributed by atoms with van der Waals surface area (Å²) in [6.07, 6.45) is 7.61. The zero-order chi connectivity index (χ0) is 23.8. The molecule has 0 atom stereocenters. The van der Waals surface area contributed by atoms with Crippen LogP contribution in [0, 0.1) is 0 Å². The van der Waals surface area contributed by atoms with Gasteiger partial charge in [-0.05, 0) is 36.4 Å². The molecule has 1 saturated heterocycles. The predicted molar refractivity (Wildman–Crippen MR) is 140 cm³/mol. The molecule has 0 spiro atoms. The van der Waals surface area contributed by atoms with Crippen molar-refractivity contribution in [1.29, 1.82) is 0 Å². The molecular formula is C27H30N8. The molecule has 8 heteroatoms. The van der Waals surface area contributed by atoms with Gasteiger partial charge in [0, 0.05) is 69.6 Å². The standard InChI is InChI=1S/C27H30N8/c1-3-33-12-14-34(15-13-33)17-20-4-7-22(8-5-20)30-26-27-28-10-11-35(27)18-24(31-26)21-6-9-23-25(16-21)32(2)19-29-23/h4-11,16,18-19H,3,12-15,17H2,1-2H3,(H,30,31). The molecule has 0 saturated carbocycles. The van der Waals surface area contributed by atoms with Crippen LogP contribution in [0.25, 0.3) is 27.9 Å². The van der Waals surface area contributed by atoms with E-state index in [1.807, 2.05) is 40.8 Å². The highest BCUT2D eigenvalue weighted by Crippen LogP contribution is 2.27. The Morgan fingerprint density at radius 2 is 1.74 bits per heavy atom. The zero-order valence-corrected chi connectivity index (χ0v) is 20.2. The summed E-state index contributed by atoms with van der Waals surface area (Å²) >= 11 is 0. The minimum atomic E-state index is 0.737. The number of benzene rings is 2. The summed E-state index contributed by atoms with van der Waals surface area (Å²) in [5.74, 6) is 0.737. The second-order valence-corrected chi connectivity index (χ2v) is 9.22. The van der Waals surface area contributed by atoms with Gasteiger partial charge in [0.05, 0.1) is 23.1 Å². The number of likely N-dealkylation sites (N-methyl/N-ethyl adjacent to an activating group) is 1. The molecular weight excluding hydrogens is 436 g/mol. The summed E-state index contributed by atoms with van der Waals surface area (Å²) in [4.78, 5) is 19.0. The number of piperazine rings is 1. The van der Waals surface area contributed by atoms with E-state index in [0.717, 1.165) is 78.7 Å². The van der Waals surface area contributed by atoms with Gasteiger partial charge >= 0.3 is 0 Å². The van der Waals surface area contributed by atoms with Crippen molar-refractivity contribution in [2.45, 2.75) is 13.5 Å². The lowest BCUT2D eigenvalue weighted by molar-refractivity contribution is 0.132. The highest BCUT2D eigenvalue weighted by Gasteiger charge is 2.16. The Kier molecular flexibility index (Phi) is 5.67. The molecule has 8 nitrogen and oxygen atoms in total. The monoisotopic (exact) mass is 466 g/mol. The average Bonchev–Trinajstić information content (AvgIpc) is 3.52. The lowest BCUT2D eigenvalue weighted by Gasteiger charge is -2.34. The third-order valence-corrected chi connectivity index (χ3v) is 6.93. The molecule has 1 fully saturated rings. The van der Waals surface area contributed by atoms with Gasteiger partial charge < -0.3 is 19.2 Å². The molecule has 0 unspecified atom stereocenters. The number of aromatic nitrogens is 5. The molecule has 2 aromatic carbocycles. The highest BCUT2D eigenvalue weighted by atomic mass is 15.3. The van der Waals surface area contributed by atoms with Gasteiger partial charge in [-0.2, -0.15) is 0 Å². The lowest BCUT2D eigenvalue weighted by atomic mass is 10.1. The van der Waals surface area contributed by atoms with E-state index in [0.29, 0.717) is 0 Å². The van der Waals surface area contributed by atoms with E-state index in [4.69, 9.17) is 4.98 Å². The van der Waals surface area contributed by atoms with Crippen molar-refractivity contribution >= 4 is 28.2 Å². The van der Waals surface area contributed by atoms with Crippen molar-refractivity contribution in [3.63, 3.8) is 0 Å². The van der Waals surface area contributed by atoms with Crippen molar-refractivity contribution in [1.82, 2.24) is 33.7 Å². The molecule has 1 N–H and O–H groups in total. The maximum Gasteiger partial charge on any atom is 0.180 e. The van der Waals surface area contributed by atoms with Gasteiger partial charge in [0.25, 0.3) is 0 Å². The Balaban J connectivity index is 1.23. The molecule has 0 amide bonds. The number of aryl methyl sites for hydroxylation is 1. The fourth-order valence-electron chi connectivity index (χ4n) is 4.79. The van der Waals surface area contributed by atoms with Crippen LogP contribution in [-0.4, -0.2) is 66.4 Å². The van der Waals surface area contributed by atoms with Crippen LogP contribution in [0.3, 0.4) is 0 Å². The SMILES string of the molecule is CCN1CCN(Cc2ccc(Nc3nc(-c4ccc5ncn(C)c5c4)cn4ccnc34)cc2)CC1. The van der Waals surface area contributed by atoms with Crippen LogP contribution in [0.2, 0.25) is 0 Å². The summed E-state index contributed by atoms with van der Waals surface area (Å²) < 4.78 is 4.04. The van der Waals surface area contributed by atoms with E-state index in [1.165, 1.54) is 5.56 Å². The first-order valence-electron chi connectivity index (χ1n) is 12.2. The lowest BCUT2D eigenvalue weighted by Crippen LogP contribution is -2.45. The fourth-order valence-corrected chi connectivity index (χ4v) is 4.79. The van der Waals surface area contributed by atoms with Crippen molar-refractivity contribution in [2.24, 2.45) is 7.05 Å². The molecule has 0 bridgehead atoms. The summed E-state index contributed by atoms with van der Waals surface area (Å²) in [7, 11) is 2.01. The zero-order valence-electron chi connectivity index (χ0n) is 20.2. The number of fused-ring (bicyclic) bond motifs is 2. The molecule has 35 heavy (non-hydrogen) atoms. The Labute approximate surface area is 204 Å². The van der Waals surface area contributed by atoms with Crippen LogP contribution in [0.15, 0.2) is 67.4 Å². The Bertz CT molecular complexity index is 1460. The number of nitrogens with one attached hydrogen (secondary N) is 1. The van der Waals surface area contributed by atoms with Gasteiger partial charge in [0.2, 0.25) is 0 Å². The minimum Gasteiger partial charge on any atom is -0.337 e. The number of nitrogens with zero attached hydrogens (tertiary/aromatic N) is 7. The number of hydrogen-bond donors (Lipinski definition) is 1. The first-order valence-corrected chi connectivity index (χ1v) is 12.2. The van der Waals surface area contributed by atoms with E-state index in [1.54, 1.807) is 6.20 Å². The second-order valence-electron chi connectivity index (χ2n) is 9.22. The Morgan fingerprint density at radius 3 is 2.54 bits per heavy atom. The van der Waals surface area contributed by atoms with Crippen molar-refractivity contribution in [3.05, 3.63) is 72.9 Å².